The van der Waals surface area contributed by atoms with Gasteiger partial charge in [0.05, 0.1) is 6.04 Å². The number of urea groups is 1. The van der Waals surface area contributed by atoms with Crippen molar-refractivity contribution >= 4 is 47.0 Å². The molecular weight excluding hydrogens is 397 g/mol. The Balaban J connectivity index is 1.90. The van der Waals surface area contributed by atoms with Crippen molar-refractivity contribution in [3.8, 4) is 0 Å². The van der Waals surface area contributed by atoms with Gasteiger partial charge in [-0.05, 0) is 31.5 Å². The second-order valence-electron chi connectivity index (χ2n) is 6.15. The number of ether oxygens (including phenoxy) is 1. The van der Waals surface area contributed by atoms with Crippen LogP contribution in [0.3, 0.4) is 0 Å². The van der Waals surface area contributed by atoms with Crippen molar-refractivity contribution < 1.29 is 23.9 Å². The SMILES string of the molecule is C[C@H](NC(=O)[C@@H](C)OC(=O)CN1C(=O)CN(C)C1=O)c1ccc(Cl)cc1Cl. The van der Waals surface area contributed by atoms with E-state index in [-0.39, 0.29) is 6.54 Å². The summed E-state index contributed by atoms with van der Waals surface area (Å²) in [4.78, 5) is 49.6. The van der Waals surface area contributed by atoms with Crippen LogP contribution in [0.4, 0.5) is 4.79 Å². The molecule has 1 fully saturated rings. The van der Waals surface area contributed by atoms with E-state index in [0.29, 0.717) is 15.6 Å². The first-order valence-corrected chi connectivity index (χ1v) is 8.86. The Hall–Kier alpha value is -2.32. The van der Waals surface area contributed by atoms with Gasteiger partial charge < -0.3 is 15.0 Å². The van der Waals surface area contributed by atoms with Crippen LogP contribution in [0.1, 0.15) is 25.5 Å². The molecule has 1 N–H and O–H groups in total. The Labute approximate surface area is 166 Å². The predicted molar refractivity (Wildman–Crippen MR) is 98.3 cm³/mol. The van der Waals surface area contributed by atoms with Gasteiger partial charge in [0.1, 0.15) is 13.1 Å². The van der Waals surface area contributed by atoms with E-state index in [1.165, 1.54) is 18.9 Å². The highest BCUT2D eigenvalue weighted by Crippen LogP contribution is 2.26. The van der Waals surface area contributed by atoms with E-state index in [9.17, 15) is 19.2 Å². The van der Waals surface area contributed by atoms with Crippen molar-refractivity contribution in [2.24, 2.45) is 0 Å². The van der Waals surface area contributed by atoms with Crippen molar-refractivity contribution in [2.45, 2.75) is 26.0 Å². The van der Waals surface area contributed by atoms with Crippen molar-refractivity contribution in [3.05, 3.63) is 33.8 Å². The molecule has 10 heteroatoms. The molecule has 1 aliphatic heterocycles. The third kappa shape index (κ3) is 5.11. The van der Waals surface area contributed by atoms with Gasteiger partial charge >= 0.3 is 12.0 Å². The fraction of sp³-hybridized carbons (Fsp3) is 0.412. The van der Waals surface area contributed by atoms with Crippen molar-refractivity contribution in [1.29, 1.82) is 0 Å². The molecule has 4 amide bonds. The van der Waals surface area contributed by atoms with Crippen molar-refractivity contribution in [3.63, 3.8) is 0 Å². The molecule has 1 aromatic carbocycles. The van der Waals surface area contributed by atoms with Crippen LogP contribution in [-0.4, -0.2) is 59.9 Å². The topological polar surface area (TPSA) is 96.0 Å². The molecule has 2 rings (SSSR count). The Kier molecular flexibility index (Phi) is 6.67. The smallest absolute Gasteiger partial charge is 0.327 e. The van der Waals surface area contributed by atoms with Gasteiger partial charge in [0.15, 0.2) is 6.10 Å². The molecule has 0 saturated carbocycles. The zero-order valence-corrected chi connectivity index (χ0v) is 16.5. The van der Waals surface area contributed by atoms with Crippen LogP contribution in [0.2, 0.25) is 10.0 Å². The Morgan fingerprint density at radius 3 is 2.48 bits per heavy atom. The Bertz CT molecular complexity index is 786. The molecule has 0 bridgehead atoms. The molecule has 0 radical (unpaired) electrons. The lowest BCUT2D eigenvalue weighted by atomic mass is 10.1. The van der Waals surface area contributed by atoms with Gasteiger partial charge in [0.2, 0.25) is 0 Å². The maximum atomic E-state index is 12.2. The zero-order valence-electron chi connectivity index (χ0n) is 15.0. The van der Waals surface area contributed by atoms with Crippen molar-refractivity contribution in [1.82, 2.24) is 15.1 Å². The number of nitrogens with one attached hydrogen (secondary N) is 1. The van der Waals surface area contributed by atoms with Crippen LogP contribution in [0.25, 0.3) is 0 Å². The van der Waals surface area contributed by atoms with Gasteiger partial charge in [0.25, 0.3) is 11.8 Å². The summed E-state index contributed by atoms with van der Waals surface area (Å²) in [6.45, 7) is 2.47. The molecule has 2 atom stereocenters. The zero-order chi connectivity index (χ0) is 20.3. The van der Waals surface area contributed by atoms with Gasteiger partial charge in [-0.2, -0.15) is 0 Å². The highest BCUT2D eigenvalue weighted by atomic mass is 35.5. The van der Waals surface area contributed by atoms with E-state index in [1.54, 1.807) is 25.1 Å². The summed E-state index contributed by atoms with van der Waals surface area (Å²) < 4.78 is 5.02. The number of nitrogens with zero attached hydrogens (tertiary/aromatic N) is 2. The lowest BCUT2D eigenvalue weighted by molar-refractivity contribution is -0.156. The summed E-state index contributed by atoms with van der Waals surface area (Å²) in [6.07, 6.45) is -1.11. The van der Waals surface area contributed by atoms with Gasteiger partial charge in [0, 0.05) is 17.1 Å². The van der Waals surface area contributed by atoms with Crippen LogP contribution in [0, 0.1) is 0 Å². The summed E-state index contributed by atoms with van der Waals surface area (Å²) in [5.74, 6) is -1.90. The fourth-order valence-corrected chi connectivity index (χ4v) is 3.07. The molecule has 0 unspecified atom stereocenters. The molecule has 1 aliphatic rings. The third-order valence-corrected chi connectivity index (χ3v) is 4.55. The van der Waals surface area contributed by atoms with E-state index >= 15 is 0 Å². The minimum Gasteiger partial charge on any atom is -0.451 e. The normalized spacial score (nSPS) is 16.3. The molecule has 1 saturated heterocycles. The molecule has 146 valence electrons. The quantitative estimate of drug-likeness (QED) is 0.565. The molecule has 27 heavy (non-hydrogen) atoms. The highest BCUT2D eigenvalue weighted by molar-refractivity contribution is 6.35. The average Bonchev–Trinajstić information content (AvgIpc) is 2.80. The molecule has 8 nitrogen and oxygen atoms in total. The average molecular weight is 416 g/mol. The van der Waals surface area contributed by atoms with Gasteiger partial charge in [-0.3, -0.25) is 19.3 Å². The first-order chi connectivity index (χ1) is 12.6. The first-order valence-electron chi connectivity index (χ1n) is 8.10. The summed E-state index contributed by atoms with van der Waals surface area (Å²) >= 11 is 12.0. The van der Waals surface area contributed by atoms with Gasteiger partial charge in [-0.1, -0.05) is 29.3 Å². The third-order valence-electron chi connectivity index (χ3n) is 3.98. The van der Waals surface area contributed by atoms with Crippen LogP contribution >= 0.6 is 23.2 Å². The summed E-state index contributed by atoms with van der Waals surface area (Å²) in [7, 11) is 1.45. The number of benzene rings is 1. The molecule has 1 aromatic rings. The van der Waals surface area contributed by atoms with E-state index in [2.05, 4.69) is 5.32 Å². The van der Waals surface area contributed by atoms with Crippen molar-refractivity contribution in [2.75, 3.05) is 20.1 Å². The molecule has 0 spiro atoms. The van der Waals surface area contributed by atoms with Crippen LogP contribution < -0.4 is 5.32 Å². The van der Waals surface area contributed by atoms with E-state index in [1.807, 2.05) is 0 Å². The maximum absolute atomic E-state index is 12.2. The summed E-state index contributed by atoms with van der Waals surface area (Å²) in [5, 5.41) is 3.55. The highest BCUT2D eigenvalue weighted by Gasteiger charge is 2.35. The second kappa shape index (κ2) is 8.58. The maximum Gasteiger partial charge on any atom is 0.327 e. The number of likely N-dealkylation sites (N-methyl/N-ethyl adjacent to an activating group) is 1. The van der Waals surface area contributed by atoms with Gasteiger partial charge in [-0.15, -0.1) is 0 Å². The number of carbonyl (C=O) groups is 4. The van der Waals surface area contributed by atoms with E-state index < -0.39 is 42.5 Å². The molecule has 0 aliphatic carbocycles. The monoisotopic (exact) mass is 415 g/mol. The fourth-order valence-electron chi connectivity index (χ4n) is 2.50. The number of amides is 4. The minimum atomic E-state index is -1.11. The standard InChI is InChI=1S/C17H19Cl2N3O5/c1-9(12-5-4-11(18)6-13(12)19)20-16(25)10(2)27-15(24)8-22-14(23)7-21(3)17(22)26/h4-6,9-10H,7-8H2,1-3H3,(H,20,25)/t9-,10+/m0/s1. The number of hydrogen-bond donors (Lipinski definition) is 1. The van der Waals surface area contributed by atoms with Crippen LogP contribution in [0.5, 0.6) is 0 Å². The number of esters is 1. The van der Waals surface area contributed by atoms with E-state index in [4.69, 9.17) is 27.9 Å². The number of carbonyl (C=O) groups excluding carboxylic acids is 4. The number of hydrogen-bond acceptors (Lipinski definition) is 5. The summed E-state index contributed by atoms with van der Waals surface area (Å²) in [6, 6.07) is 3.87. The Morgan fingerprint density at radius 1 is 1.26 bits per heavy atom. The van der Waals surface area contributed by atoms with Crippen LogP contribution in [0.15, 0.2) is 18.2 Å². The molecule has 1 heterocycles. The predicted octanol–water partition coefficient (Wildman–Crippen LogP) is 2.00. The Morgan fingerprint density at radius 2 is 1.93 bits per heavy atom. The lowest BCUT2D eigenvalue weighted by Crippen LogP contribution is -2.41. The lowest BCUT2D eigenvalue weighted by Gasteiger charge is -2.20. The first kappa shape index (κ1) is 21.0. The van der Waals surface area contributed by atoms with E-state index in [0.717, 1.165) is 4.90 Å². The number of imide groups is 1. The molecular formula is C17H19Cl2N3O5. The molecule has 0 aromatic heterocycles. The largest absolute Gasteiger partial charge is 0.451 e. The number of halogens is 2. The van der Waals surface area contributed by atoms with Gasteiger partial charge in [-0.25, -0.2) is 4.79 Å². The minimum absolute atomic E-state index is 0.0957. The number of rotatable bonds is 6. The van der Waals surface area contributed by atoms with Crippen LogP contribution in [-0.2, 0) is 19.1 Å². The second-order valence-corrected chi connectivity index (χ2v) is 6.99. The summed E-state index contributed by atoms with van der Waals surface area (Å²) in [5.41, 5.74) is 0.657.